The molecule has 3 nitrogen and oxygen atoms in total. The summed E-state index contributed by atoms with van der Waals surface area (Å²) in [6.45, 7) is 0. The number of fused-ring (bicyclic) bond motifs is 1. The van der Waals surface area contributed by atoms with Crippen LogP contribution in [-0.2, 0) is 4.74 Å². The monoisotopic (exact) mass is 281 g/mol. The van der Waals surface area contributed by atoms with Gasteiger partial charge in [0.25, 0.3) is 0 Å². The molecule has 3 rings (SSSR count). The van der Waals surface area contributed by atoms with E-state index in [2.05, 4.69) is 9.72 Å². The standard InChI is InChI=1S/C17H12FNO2/c1-21-17(20)13-7-12(8-14(18)9-13)15-4-2-3-11-5-6-19-10-16(11)15/h2-10H,1H3. The molecule has 0 fully saturated rings. The molecule has 0 radical (unpaired) electrons. The number of halogens is 1. The van der Waals surface area contributed by atoms with Gasteiger partial charge in [-0.1, -0.05) is 18.2 Å². The van der Waals surface area contributed by atoms with E-state index >= 15 is 0 Å². The molecule has 0 bridgehead atoms. The minimum Gasteiger partial charge on any atom is -0.465 e. The Labute approximate surface area is 121 Å². The van der Waals surface area contributed by atoms with Crippen LogP contribution in [0, 0.1) is 5.82 Å². The fraction of sp³-hybridized carbons (Fsp3) is 0.0588. The van der Waals surface area contributed by atoms with Gasteiger partial charge in [0.1, 0.15) is 5.82 Å². The van der Waals surface area contributed by atoms with E-state index in [0.29, 0.717) is 5.56 Å². The number of methoxy groups -OCH3 is 1. The number of carbonyl (C=O) groups excluding carboxylic acids is 1. The Balaban J connectivity index is 2.23. The number of benzene rings is 2. The van der Waals surface area contributed by atoms with Crippen LogP contribution >= 0.6 is 0 Å². The highest BCUT2D eigenvalue weighted by Gasteiger charge is 2.11. The van der Waals surface area contributed by atoms with Crippen molar-refractivity contribution in [3.63, 3.8) is 0 Å². The van der Waals surface area contributed by atoms with Gasteiger partial charge in [-0.05, 0) is 40.8 Å². The summed E-state index contributed by atoms with van der Waals surface area (Å²) in [5, 5.41) is 1.91. The maximum Gasteiger partial charge on any atom is 0.337 e. The first kappa shape index (κ1) is 13.2. The summed E-state index contributed by atoms with van der Waals surface area (Å²) < 4.78 is 18.4. The van der Waals surface area contributed by atoms with Gasteiger partial charge in [0, 0.05) is 17.8 Å². The van der Waals surface area contributed by atoms with Crippen LogP contribution < -0.4 is 0 Å². The van der Waals surface area contributed by atoms with Gasteiger partial charge < -0.3 is 4.74 Å². The molecule has 0 atom stereocenters. The molecule has 0 spiro atoms. The van der Waals surface area contributed by atoms with Gasteiger partial charge in [-0.25, -0.2) is 9.18 Å². The molecule has 0 N–H and O–H groups in total. The predicted molar refractivity (Wildman–Crippen MR) is 78.5 cm³/mol. The highest BCUT2D eigenvalue weighted by atomic mass is 19.1. The third kappa shape index (κ3) is 2.48. The second-order valence-electron chi connectivity index (χ2n) is 4.62. The lowest BCUT2D eigenvalue weighted by molar-refractivity contribution is 0.0600. The van der Waals surface area contributed by atoms with Crippen LogP contribution in [0.2, 0.25) is 0 Å². The summed E-state index contributed by atoms with van der Waals surface area (Å²) in [4.78, 5) is 15.7. The number of aromatic nitrogens is 1. The minimum absolute atomic E-state index is 0.188. The maximum atomic E-state index is 13.8. The first-order chi connectivity index (χ1) is 10.2. The van der Waals surface area contributed by atoms with Crippen molar-refractivity contribution < 1.29 is 13.9 Å². The van der Waals surface area contributed by atoms with Crippen molar-refractivity contribution in [2.24, 2.45) is 0 Å². The van der Waals surface area contributed by atoms with Crippen LogP contribution in [0.3, 0.4) is 0 Å². The van der Waals surface area contributed by atoms with Crippen LogP contribution in [0.25, 0.3) is 21.9 Å². The number of pyridine rings is 1. The van der Waals surface area contributed by atoms with Gasteiger partial charge >= 0.3 is 5.97 Å². The molecule has 0 saturated heterocycles. The molecular weight excluding hydrogens is 269 g/mol. The molecule has 0 aliphatic heterocycles. The summed E-state index contributed by atoms with van der Waals surface area (Å²) in [5.41, 5.74) is 1.63. The Bertz CT molecular complexity index is 825. The number of carbonyl (C=O) groups is 1. The molecule has 104 valence electrons. The molecule has 0 aliphatic carbocycles. The molecule has 0 saturated carbocycles. The van der Waals surface area contributed by atoms with Gasteiger partial charge in [-0.2, -0.15) is 0 Å². The van der Waals surface area contributed by atoms with E-state index in [0.717, 1.165) is 16.3 Å². The number of hydrogen-bond acceptors (Lipinski definition) is 3. The maximum absolute atomic E-state index is 13.8. The summed E-state index contributed by atoms with van der Waals surface area (Å²) >= 11 is 0. The van der Waals surface area contributed by atoms with Crippen molar-refractivity contribution >= 4 is 16.7 Å². The summed E-state index contributed by atoms with van der Waals surface area (Å²) in [5.74, 6) is -1.04. The molecular formula is C17H12FNO2. The van der Waals surface area contributed by atoms with E-state index in [1.165, 1.54) is 19.2 Å². The van der Waals surface area contributed by atoms with E-state index in [-0.39, 0.29) is 5.56 Å². The lowest BCUT2D eigenvalue weighted by atomic mass is 9.98. The van der Waals surface area contributed by atoms with Gasteiger partial charge in [0.15, 0.2) is 0 Å². The van der Waals surface area contributed by atoms with Crippen molar-refractivity contribution in [3.05, 3.63) is 66.2 Å². The first-order valence-corrected chi connectivity index (χ1v) is 6.41. The van der Waals surface area contributed by atoms with E-state index < -0.39 is 11.8 Å². The third-order valence-corrected chi connectivity index (χ3v) is 3.31. The average Bonchev–Trinajstić information content (AvgIpc) is 2.53. The quantitative estimate of drug-likeness (QED) is 0.670. The molecule has 21 heavy (non-hydrogen) atoms. The van der Waals surface area contributed by atoms with Crippen LogP contribution in [0.1, 0.15) is 10.4 Å². The van der Waals surface area contributed by atoms with Crippen molar-refractivity contribution in [2.75, 3.05) is 7.11 Å². The van der Waals surface area contributed by atoms with Crippen molar-refractivity contribution in [2.45, 2.75) is 0 Å². The van der Waals surface area contributed by atoms with E-state index in [1.807, 2.05) is 24.3 Å². The fourth-order valence-corrected chi connectivity index (χ4v) is 2.35. The Morgan fingerprint density at radius 1 is 1.19 bits per heavy atom. The number of nitrogens with zero attached hydrogens (tertiary/aromatic N) is 1. The van der Waals surface area contributed by atoms with Gasteiger partial charge in [-0.15, -0.1) is 0 Å². The molecule has 3 aromatic rings. The van der Waals surface area contributed by atoms with Crippen molar-refractivity contribution in [1.82, 2.24) is 4.98 Å². The second-order valence-corrected chi connectivity index (χ2v) is 4.62. The zero-order valence-electron chi connectivity index (χ0n) is 11.3. The third-order valence-electron chi connectivity index (χ3n) is 3.31. The largest absolute Gasteiger partial charge is 0.465 e. The Kier molecular flexibility index (Phi) is 3.36. The van der Waals surface area contributed by atoms with E-state index in [9.17, 15) is 9.18 Å². The molecule has 0 aliphatic rings. The molecule has 0 amide bonds. The predicted octanol–water partition coefficient (Wildman–Crippen LogP) is 3.83. The lowest BCUT2D eigenvalue weighted by Gasteiger charge is -2.08. The van der Waals surface area contributed by atoms with Gasteiger partial charge in [0.05, 0.1) is 12.7 Å². The summed E-state index contributed by atoms with van der Waals surface area (Å²) in [6.07, 6.45) is 3.44. The van der Waals surface area contributed by atoms with Gasteiger partial charge in [0.2, 0.25) is 0 Å². The lowest BCUT2D eigenvalue weighted by Crippen LogP contribution is -2.02. The Hall–Kier alpha value is -2.75. The SMILES string of the molecule is COC(=O)c1cc(F)cc(-c2cccc3ccncc23)c1. The Morgan fingerprint density at radius 2 is 2.05 bits per heavy atom. The summed E-state index contributed by atoms with van der Waals surface area (Å²) in [7, 11) is 1.27. The number of ether oxygens (including phenoxy) is 1. The zero-order valence-corrected chi connectivity index (χ0v) is 11.3. The Morgan fingerprint density at radius 3 is 2.86 bits per heavy atom. The zero-order chi connectivity index (χ0) is 14.8. The number of rotatable bonds is 2. The van der Waals surface area contributed by atoms with Gasteiger partial charge in [-0.3, -0.25) is 4.98 Å². The van der Waals surface area contributed by atoms with Crippen molar-refractivity contribution in [3.8, 4) is 11.1 Å². The molecule has 1 aromatic heterocycles. The molecule has 4 heteroatoms. The van der Waals surface area contributed by atoms with Crippen LogP contribution in [0.5, 0.6) is 0 Å². The smallest absolute Gasteiger partial charge is 0.337 e. The fourth-order valence-electron chi connectivity index (χ4n) is 2.35. The van der Waals surface area contributed by atoms with Crippen LogP contribution in [0.4, 0.5) is 4.39 Å². The van der Waals surface area contributed by atoms with Crippen LogP contribution in [-0.4, -0.2) is 18.1 Å². The normalized spacial score (nSPS) is 10.6. The topological polar surface area (TPSA) is 39.2 Å². The van der Waals surface area contributed by atoms with Crippen LogP contribution in [0.15, 0.2) is 54.9 Å². The molecule has 1 heterocycles. The highest BCUT2D eigenvalue weighted by molar-refractivity contribution is 5.98. The highest BCUT2D eigenvalue weighted by Crippen LogP contribution is 2.29. The molecule has 0 unspecified atom stereocenters. The van der Waals surface area contributed by atoms with E-state index in [4.69, 9.17) is 0 Å². The van der Waals surface area contributed by atoms with E-state index in [1.54, 1.807) is 18.5 Å². The minimum atomic E-state index is -0.561. The number of hydrogen-bond donors (Lipinski definition) is 0. The average molecular weight is 281 g/mol. The molecule has 2 aromatic carbocycles. The summed E-state index contributed by atoms with van der Waals surface area (Å²) in [6, 6.07) is 11.8. The van der Waals surface area contributed by atoms with Crippen molar-refractivity contribution in [1.29, 1.82) is 0 Å². The number of esters is 1. The second kappa shape index (κ2) is 5.32. The first-order valence-electron chi connectivity index (χ1n) is 6.41.